The fourth-order valence-electron chi connectivity index (χ4n) is 3.90. The van der Waals surface area contributed by atoms with E-state index in [1.54, 1.807) is 0 Å². The first-order valence-corrected chi connectivity index (χ1v) is 12.9. The molecule has 3 aromatic rings. The molecule has 1 fully saturated rings. The van der Waals surface area contributed by atoms with Crippen molar-refractivity contribution in [2.45, 2.75) is 31.6 Å². The number of likely N-dealkylation sites (tertiary alicyclic amines) is 1. The Morgan fingerprint density at radius 2 is 1.97 bits per heavy atom. The second-order valence-electron chi connectivity index (χ2n) is 8.26. The molecule has 0 saturated carbocycles. The summed E-state index contributed by atoms with van der Waals surface area (Å²) in [5, 5.41) is 7.83. The highest BCUT2D eigenvalue weighted by Gasteiger charge is 2.25. The van der Waals surface area contributed by atoms with Gasteiger partial charge in [0.1, 0.15) is 0 Å². The molecule has 0 spiro atoms. The summed E-state index contributed by atoms with van der Waals surface area (Å²) in [6.07, 6.45) is 2.70. The first-order chi connectivity index (χ1) is 16.2. The first kappa shape index (κ1) is 23.8. The van der Waals surface area contributed by atoms with E-state index in [9.17, 15) is 4.79 Å². The predicted molar refractivity (Wildman–Crippen MR) is 133 cm³/mol. The first-order valence-electron chi connectivity index (χ1n) is 11.4. The van der Waals surface area contributed by atoms with E-state index >= 15 is 0 Å². The largest absolute Gasteiger partial charge is 0.356 e. The van der Waals surface area contributed by atoms with Crippen LogP contribution in [0, 0.1) is 5.92 Å². The van der Waals surface area contributed by atoms with Crippen molar-refractivity contribution in [2.24, 2.45) is 5.92 Å². The number of carbonyl (C=O) groups excluding carboxylic acids is 1. The normalized spacial score (nSPS) is 14.9. The van der Waals surface area contributed by atoms with Crippen LogP contribution in [0.15, 0.2) is 59.1 Å². The van der Waals surface area contributed by atoms with Crippen molar-refractivity contribution in [3.63, 3.8) is 0 Å². The van der Waals surface area contributed by atoms with E-state index in [1.165, 1.54) is 5.56 Å². The van der Waals surface area contributed by atoms with E-state index in [2.05, 4.69) is 44.6 Å². The van der Waals surface area contributed by atoms with E-state index in [0.29, 0.717) is 23.3 Å². The highest BCUT2D eigenvalue weighted by Crippen LogP contribution is 2.22. The molecule has 4 rings (SSSR count). The molecule has 33 heavy (non-hydrogen) atoms. The van der Waals surface area contributed by atoms with E-state index in [1.807, 2.05) is 42.1 Å². The van der Waals surface area contributed by atoms with Gasteiger partial charge in [-0.25, -0.2) is 0 Å². The van der Waals surface area contributed by atoms with Crippen molar-refractivity contribution in [2.75, 3.05) is 25.4 Å². The average molecular weight is 485 g/mol. The summed E-state index contributed by atoms with van der Waals surface area (Å²) in [7, 11) is 0. The maximum Gasteiger partial charge on any atom is 0.241 e. The third-order valence-corrected chi connectivity index (χ3v) is 7.09. The number of carbonyl (C=O) groups is 1. The maximum atomic E-state index is 12.5. The second kappa shape index (κ2) is 12.2. The van der Waals surface area contributed by atoms with Crippen LogP contribution in [0.4, 0.5) is 0 Å². The van der Waals surface area contributed by atoms with Crippen molar-refractivity contribution in [1.82, 2.24) is 20.4 Å². The molecule has 1 N–H and O–H groups in total. The van der Waals surface area contributed by atoms with Gasteiger partial charge < -0.3 is 9.84 Å². The second-order valence-corrected chi connectivity index (χ2v) is 9.80. The van der Waals surface area contributed by atoms with Gasteiger partial charge in [0.2, 0.25) is 17.6 Å². The van der Waals surface area contributed by atoms with Gasteiger partial charge in [0.25, 0.3) is 0 Å². The molecule has 0 unspecified atom stereocenters. The quantitative estimate of drug-likeness (QED) is 0.406. The van der Waals surface area contributed by atoms with Gasteiger partial charge >= 0.3 is 0 Å². The molecule has 1 saturated heterocycles. The van der Waals surface area contributed by atoms with Crippen LogP contribution in [0.25, 0.3) is 11.4 Å². The summed E-state index contributed by atoms with van der Waals surface area (Å²) < 4.78 is 5.42. The Kier molecular flexibility index (Phi) is 8.80. The summed E-state index contributed by atoms with van der Waals surface area (Å²) in [5.41, 5.74) is 2.19. The van der Waals surface area contributed by atoms with Gasteiger partial charge in [0.15, 0.2) is 0 Å². The van der Waals surface area contributed by atoms with Crippen molar-refractivity contribution in [3.05, 3.63) is 71.1 Å². The van der Waals surface area contributed by atoms with Crippen molar-refractivity contribution in [3.8, 4) is 11.4 Å². The number of benzene rings is 2. The molecule has 0 bridgehead atoms. The minimum Gasteiger partial charge on any atom is -0.356 e. The van der Waals surface area contributed by atoms with Gasteiger partial charge in [-0.05, 0) is 55.8 Å². The minimum atomic E-state index is 0.0860. The van der Waals surface area contributed by atoms with Crippen LogP contribution in [-0.2, 0) is 17.1 Å². The lowest BCUT2D eigenvalue weighted by molar-refractivity contribution is -0.126. The Morgan fingerprint density at radius 3 is 2.76 bits per heavy atom. The van der Waals surface area contributed by atoms with Crippen LogP contribution < -0.4 is 5.32 Å². The smallest absolute Gasteiger partial charge is 0.241 e. The van der Waals surface area contributed by atoms with E-state index in [4.69, 9.17) is 16.1 Å². The zero-order valence-electron chi connectivity index (χ0n) is 18.6. The summed E-state index contributed by atoms with van der Waals surface area (Å²) in [6.45, 7) is 3.04. The summed E-state index contributed by atoms with van der Waals surface area (Å²) >= 11 is 7.96. The standard InChI is InChI=1S/C25H29ClN4O2S/c26-22-9-4-8-21(16-22)24-28-23(32-29-24)17-30-13-10-20(11-14-30)25(31)27-12-5-15-33-18-19-6-2-1-3-7-19/h1-4,6-9,16,20H,5,10-15,17-18H2,(H,27,31). The Morgan fingerprint density at radius 1 is 1.15 bits per heavy atom. The number of aromatic nitrogens is 2. The van der Waals surface area contributed by atoms with Crippen molar-refractivity contribution < 1.29 is 9.32 Å². The number of rotatable bonds is 10. The fourth-order valence-corrected chi connectivity index (χ4v) is 5.01. The third-order valence-electron chi connectivity index (χ3n) is 5.74. The molecule has 1 aliphatic rings. The lowest BCUT2D eigenvalue weighted by atomic mass is 9.96. The zero-order valence-corrected chi connectivity index (χ0v) is 20.2. The van der Waals surface area contributed by atoms with Gasteiger partial charge in [0, 0.05) is 28.8 Å². The lowest BCUT2D eigenvalue weighted by Crippen LogP contribution is -2.40. The highest BCUT2D eigenvalue weighted by molar-refractivity contribution is 7.98. The van der Waals surface area contributed by atoms with Crippen LogP contribution in [0.2, 0.25) is 5.02 Å². The molecule has 1 amide bonds. The van der Waals surface area contributed by atoms with Crippen LogP contribution in [0.3, 0.4) is 0 Å². The molecule has 6 nitrogen and oxygen atoms in total. The van der Waals surface area contributed by atoms with E-state index in [0.717, 1.165) is 56.0 Å². The number of thioether (sulfide) groups is 1. The third kappa shape index (κ3) is 7.32. The van der Waals surface area contributed by atoms with E-state index in [-0.39, 0.29) is 11.8 Å². The lowest BCUT2D eigenvalue weighted by Gasteiger charge is -2.30. The molecule has 0 atom stereocenters. The molecule has 2 heterocycles. The van der Waals surface area contributed by atoms with Gasteiger partial charge in [-0.2, -0.15) is 16.7 Å². The average Bonchev–Trinajstić information content (AvgIpc) is 3.31. The summed E-state index contributed by atoms with van der Waals surface area (Å²) in [5.74, 6) is 3.47. The monoisotopic (exact) mass is 484 g/mol. The Balaban J connectivity index is 1.12. The molecule has 2 aromatic carbocycles. The van der Waals surface area contributed by atoms with Crippen molar-refractivity contribution >= 4 is 29.3 Å². The van der Waals surface area contributed by atoms with Crippen molar-refractivity contribution in [1.29, 1.82) is 0 Å². The Bertz CT molecular complexity index is 1020. The molecule has 1 aliphatic heterocycles. The zero-order chi connectivity index (χ0) is 22.9. The molecular weight excluding hydrogens is 456 g/mol. The fraction of sp³-hybridized carbons (Fsp3) is 0.400. The number of halogens is 1. The number of amides is 1. The van der Waals surface area contributed by atoms with E-state index < -0.39 is 0 Å². The van der Waals surface area contributed by atoms with Crippen LogP contribution in [-0.4, -0.2) is 46.3 Å². The topological polar surface area (TPSA) is 71.3 Å². The molecule has 0 aliphatic carbocycles. The Hall–Kier alpha value is -2.35. The maximum absolute atomic E-state index is 12.5. The Labute approximate surface area is 204 Å². The van der Waals surface area contributed by atoms with Crippen LogP contribution in [0.1, 0.15) is 30.7 Å². The van der Waals surface area contributed by atoms with Gasteiger partial charge in [-0.1, -0.05) is 59.2 Å². The molecule has 8 heteroatoms. The number of nitrogens with zero attached hydrogens (tertiary/aromatic N) is 3. The molecule has 1 aromatic heterocycles. The number of hydrogen-bond donors (Lipinski definition) is 1. The SMILES string of the molecule is O=C(NCCCSCc1ccccc1)C1CCN(Cc2nc(-c3cccc(Cl)c3)no2)CC1. The van der Waals surface area contributed by atoms with Gasteiger partial charge in [-0.3, -0.25) is 9.69 Å². The van der Waals surface area contributed by atoms with Gasteiger partial charge in [0.05, 0.1) is 6.54 Å². The number of piperidine rings is 1. The molecule has 174 valence electrons. The van der Waals surface area contributed by atoms with Crippen LogP contribution >= 0.6 is 23.4 Å². The molecular formula is C25H29ClN4O2S. The van der Waals surface area contributed by atoms with Crippen LogP contribution in [0.5, 0.6) is 0 Å². The number of nitrogens with one attached hydrogen (secondary N) is 1. The highest BCUT2D eigenvalue weighted by atomic mass is 35.5. The minimum absolute atomic E-state index is 0.0860. The summed E-state index contributed by atoms with van der Waals surface area (Å²) in [4.78, 5) is 19.3. The predicted octanol–water partition coefficient (Wildman–Crippen LogP) is 5.04. The number of hydrogen-bond acceptors (Lipinski definition) is 6. The summed E-state index contributed by atoms with van der Waals surface area (Å²) in [6, 6.07) is 17.9. The molecule has 0 radical (unpaired) electrons. The van der Waals surface area contributed by atoms with Gasteiger partial charge in [-0.15, -0.1) is 0 Å².